The Balaban J connectivity index is 1.41. The molecule has 0 aromatic carbocycles. The minimum Gasteiger partial charge on any atom is -0.449 e. The zero-order valence-corrected chi connectivity index (χ0v) is 17.3. The number of hydrogen-bond donors (Lipinski definition) is 0. The van der Waals surface area contributed by atoms with E-state index in [-0.39, 0.29) is 30.1 Å². The Bertz CT molecular complexity index is 902. The lowest BCUT2D eigenvalue weighted by molar-refractivity contribution is -0.478. The van der Waals surface area contributed by atoms with Crippen LogP contribution in [0, 0.1) is 41.4 Å². The maximum Gasteiger partial charge on any atom is 0.462 e. The first-order chi connectivity index (χ1) is 15.2. The standard InChI is InChI=1S/C21H21F7O5/c1-8(29)33-20(21(26,27)28)19(24,25)17(18(22,23)7-31-20)32-16(30)13-6-11-5-12(13)15-10-3-2-9(4-10)14(11)15/h2-3,9-15,17H,4-7H2,1H3. The van der Waals surface area contributed by atoms with E-state index in [0.717, 1.165) is 6.42 Å². The van der Waals surface area contributed by atoms with Gasteiger partial charge >= 0.3 is 35.7 Å². The van der Waals surface area contributed by atoms with Crippen molar-refractivity contribution in [1.29, 1.82) is 0 Å². The molecule has 0 aromatic rings. The lowest BCUT2D eigenvalue weighted by Crippen LogP contribution is -2.75. The molecule has 0 spiro atoms. The number of esters is 2. The predicted octanol–water partition coefficient (Wildman–Crippen LogP) is 4.12. The highest BCUT2D eigenvalue weighted by Gasteiger charge is 2.84. The second-order valence-corrected chi connectivity index (χ2v) is 9.80. The number of fused-ring (bicyclic) bond motifs is 9. The maximum absolute atomic E-state index is 15.0. The average Bonchev–Trinajstić information content (AvgIpc) is 3.45. The fourth-order valence-corrected chi connectivity index (χ4v) is 7.09. The Labute approximate surface area is 183 Å². The summed E-state index contributed by atoms with van der Waals surface area (Å²) in [6, 6.07) is 0. The number of halogens is 7. The van der Waals surface area contributed by atoms with Crippen LogP contribution < -0.4 is 0 Å². The van der Waals surface area contributed by atoms with Crippen molar-refractivity contribution in [2.45, 2.75) is 56.1 Å². The van der Waals surface area contributed by atoms with Crippen molar-refractivity contribution in [3.63, 3.8) is 0 Å². The Kier molecular flexibility index (Phi) is 4.76. The molecule has 9 unspecified atom stereocenters. The summed E-state index contributed by atoms with van der Waals surface area (Å²) < 4.78 is 112. The van der Waals surface area contributed by atoms with Gasteiger partial charge < -0.3 is 14.2 Å². The average molecular weight is 486 g/mol. The van der Waals surface area contributed by atoms with E-state index in [4.69, 9.17) is 0 Å². The normalized spacial score (nSPS) is 46.3. The van der Waals surface area contributed by atoms with Gasteiger partial charge in [-0.1, -0.05) is 12.2 Å². The van der Waals surface area contributed by atoms with Crippen molar-refractivity contribution in [1.82, 2.24) is 0 Å². The van der Waals surface area contributed by atoms with Crippen LogP contribution in [0.5, 0.6) is 0 Å². The van der Waals surface area contributed by atoms with Crippen molar-refractivity contribution in [2.24, 2.45) is 41.4 Å². The third-order valence-electron chi connectivity index (χ3n) is 8.09. The number of carbonyl (C=O) groups excluding carboxylic acids is 2. The summed E-state index contributed by atoms with van der Waals surface area (Å²) >= 11 is 0. The van der Waals surface area contributed by atoms with Crippen LogP contribution in [-0.2, 0) is 23.8 Å². The van der Waals surface area contributed by atoms with Crippen LogP contribution in [0.15, 0.2) is 12.2 Å². The summed E-state index contributed by atoms with van der Waals surface area (Å²) in [4.78, 5) is 24.0. The van der Waals surface area contributed by atoms with Crippen LogP contribution in [0.1, 0.15) is 26.2 Å². The largest absolute Gasteiger partial charge is 0.462 e. The van der Waals surface area contributed by atoms with E-state index in [1.807, 2.05) is 6.08 Å². The molecular weight excluding hydrogens is 465 g/mol. The van der Waals surface area contributed by atoms with Gasteiger partial charge in [0.1, 0.15) is 6.61 Å². The monoisotopic (exact) mass is 486 g/mol. The molecule has 0 aromatic heterocycles. The molecule has 0 radical (unpaired) electrons. The molecular formula is C21H21F7O5. The smallest absolute Gasteiger partial charge is 0.449 e. The Morgan fingerprint density at radius 1 is 1.00 bits per heavy atom. The van der Waals surface area contributed by atoms with Crippen LogP contribution in [0.3, 0.4) is 0 Å². The van der Waals surface area contributed by atoms with Gasteiger partial charge in [0.2, 0.25) is 6.10 Å². The topological polar surface area (TPSA) is 61.8 Å². The quantitative estimate of drug-likeness (QED) is 0.260. The summed E-state index contributed by atoms with van der Waals surface area (Å²) in [5, 5.41) is 0. The lowest BCUT2D eigenvalue weighted by atomic mass is 9.69. The first kappa shape index (κ1) is 22.9. The number of hydrogen-bond acceptors (Lipinski definition) is 5. The molecule has 0 amide bonds. The highest BCUT2D eigenvalue weighted by molar-refractivity contribution is 5.74. The molecule has 33 heavy (non-hydrogen) atoms. The van der Waals surface area contributed by atoms with Crippen LogP contribution >= 0.6 is 0 Å². The zero-order chi connectivity index (χ0) is 24.1. The molecule has 3 saturated carbocycles. The van der Waals surface area contributed by atoms with Crippen LogP contribution in [0.25, 0.3) is 0 Å². The van der Waals surface area contributed by atoms with Gasteiger partial charge in [-0.3, -0.25) is 9.59 Å². The van der Waals surface area contributed by atoms with Crippen LogP contribution in [0.4, 0.5) is 30.7 Å². The van der Waals surface area contributed by atoms with E-state index in [9.17, 15) is 31.5 Å². The summed E-state index contributed by atoms with van der Waals surface area (Å²) in [6.45, 7) is -1.78. The first-order valence-electron chi connectivity index (χ1n) is 10.7. The van der Waals surface area contributed by atoms with Crippen molar-refractivity contribution in [3.8, 4) is 0 Å². The molecule has 1 aliphatic heterocycles. The molecule has 12 heteroatoms. The third kappa shape index (κ3) is 3.01. The van der Waals surface area contributed by atoms with E-state index in [1.54, 1.807) is 0 Å². The van der Waals surface area contributed by atoms with Gasteiger partial charge in [0.05, 0.1) is 5.92 Å². The highest BCUT2D eigenvalue weighted by Crippen LogP contribution is 2.67. The van der Waals surface area contributed by atoms with E-state index in [1.165, 1.54) is 0 Å². The summed E-state index contributed by atoms with van der Waals surface area (Å²) in [5.74, 6) is -18.5. The lowest BCUT2D eigenvalue weighted by Gasteiger charge is -2.48. The summed E-state index contributed by atoms with van der Waals surface area (Å²) in [6.07, 6.45) is -3.90. The molecule has 1 saturated heterocycles. The van der Waals surface area contributed by atoms with Crippen LogP contribution in [0.2, 0.25) is 0 Å². The SMILES string of the molecule is CC(=O)OC1(C(F)(F)F)OCC(F)(F)C(OC(=O)C2CC3CC2C2C4C=CC(C4)C32)C1(F)F. The van der Waals surface area contributed by atoms with Gasteiger partial charge in [-0.05, 0) is 54.8 Å². The molecule has 9 atom stereocenters. The minimum atomic E-state index is -6.08. The van der Waals surface area contributed by atoms with E-state index in [2.05, 4.69) is 20.3 Å². The molecule has 4 fully saturated rings. The number of ether oxygens (including phenoxy) is 3. The number of rotatable bonds is 3. The first-order valence-corrected chi connectivity index (χ1v) is 10.7. The van der Waals surface area contributed by atoms with Gasteiger partial charge in [-0.2, -0.15) is 30.7 Å². The highest BCUT2D eigenvalue weighted by atomic mass is 19.4. The zero-order valence-electron chi connectivity index (χ0n) is 17.3. The van der Waals surface area contributed by atoms with Crippen molar-refractivity contribution in [3.05, 3.63) is 12.2 Å². The third-order valence-corrected chi connectivity index (χ3v) is 8.09. The Hall–Kier alpha value is -1.85. The number of allylic oxidation sites excluding steroid dienone is 2. The second-order valence-electron chi connectivity index (χ2n) is 9.80. The second kappa shape index (κ2) is 6.85. The molecule has 4 bridgehead atoms. The maximum atomic E-state index is 15.0. The van der Waals surface area contributed by atoms with E-state index < -0.39 is 54.4 Å². The predicted molar refractivity (Wildman–Crippen MR) is 93.7 cm³/mol. The van der Waals surface area contributed by atoms with Gasteiger partial charge in [-0.25, -0.2) is 0 Å². The van der Waals surface area contributed by atoms with Gasteiger partial charge in [-0.15, -0.1) is 0 Å². The van der Waals surface area contributed by atoms with Crippen molar-refractivity contribution < 1.29 is 54.5 Å². The summed E-state index contributed by atoms with van der Waals surface area (Å²) in [7, 11) is 0. The van der Waals surface area contributed by atoms with Crippen LogP contribution in [-0.4, -0.2) is 48.5 Å². The van der Waals surface area contributed by atoms with Gasteiger partial charge in [0, 0.05) is 6.92 Å². The Morgan fingerprint density at radius 2 is 1.64 bits per heavy atom. The molecule has 5 nitrogen and oxygen atoms in total. The number of alkyl halides is 7. The van der Waals surface area contributed by atoms with Gasteiger partial charge in [0.25, 0.3) is 0 Å². The molecule has 0 N–H and O–H groups in total. The summed E-state index contributed by atoms with van der Waals surface area (Å²) in [5.41, 5.74) is 0. The Morgan fingerprint density at radius 3 is 2.24 bits per heavy atom. The molecule has 1 heterocycles. The van der Waals surface area contributed by atoms with Crippen molar-refractivity contribution >= 4 is 11.9 Å². The van der Waals surface area contributed by atoms with E-state index in [0.29, 0.717) is 25.2 Å². The van der Waals surface area contributed by atoms with Gasteiger partial charge in [0.15, 0.2) is 0 Å². The van der Waals surface area contributed by atoms with Crippen molar-refractivity contribution in [2.75, 3.05) is 6.61 Å². The molecule has 5 rings (SSSR count). The minimum absolute atomic E-state index is 0.113. The fourth-order valence-electron chi connectivity index (χ4n) is 7.09. The molecule has 5 aliphatic rings. The fraction of sp³-hybridized carbons (Fsp3) is 0.810. The molecule has 4 aliphatic carbocycles. The van der Waals surface area contributed by atoms with E-state index >= 15 is 8.78 Å². The molecule has 184 valence electrons. The number of carbonyl (C=O) groups is 2.